The molecule has 0 aromatic rings. The van der Waals surface area contributed by atoms with E-state index in [1.165, 1.54) is 12.8 Å². The summed E-state index contributed by atoms with van der Waals surface area (Å²) in [5.41, 5.74) is 0. The third-order valence-electron chi connectivity index (χ3n) is 1.42. The molecule has 0 aliphatic rings. The molecule has 0 aliphatic carbocycles. The van der Waals surface area contributed by atoms with Crippen LogP contribution in [0.3, 0.4) is 0 Å². The van der Waals surface area contributed by atoms with E-state index in [9.17, 15) is 4.89 Å². The molecule has 3 heteroatoms. The maximum Gasteiger partial charge on any atom is 0.1000 e. The lowest BCUT2D eigenvalue weighted by Gasteiger charge is -2.16. The highest BCUT2D eigenvalue weighted by Crippen LogP contribution is 2.32. The van der Waals surface area contributed by atoms with Crippen molar-refractivity contribution in [2.24, 2.45) is 0 Å². The van der Waals surface area contributed by atoms with E-state index < -0.39 is 8.30 Å². The maximum atomic E-state index is 9.34. The molecule has 1 unspecified atom stereocenters. The van der Waals surface area contributed by atoms with Gasteiger partial charge in [0, 0.05) is 6.16 Å². The maximum absolute atomic E-state index is 9.34. The molecule has 0 amide bonds. The summed E-state index contributed by atoms with van der Waals surface area (Å²) in [6.07, 6.45) is 4.61. The van der Waals surface area contributed by atoms with E-state index in [2.05, 4.69) is 6.92 Å². The van der Waals surface area contributed by atoms with Gasteiger partial charge in [-0.3, -0.25) is 4.67 Å². The summed E-state index contributed by atoms with van der Waals surface area (Å²) >= 11 is 0. The Bertz CT molecular complexity index is 78.0. The molecule has 1 N–H and O–H groups in total. The second-order valence-corrected chi connectivity index (χ2v) is 4.64. The average molecular weight is 163 g/mol. The summed E-state index contributed by atoms with van der Waals surface area (Å²) in [7, 11) is 3.04. The van der Waals surface area contributed by atoms with Gasteiger partial charge in [-0.2, -0.15) is 0 Å². The van der Waals surface area contributed by atoms with Gasteiger partial charge in [0.15, 0.2) is 0 Å². The summed E-state index contributed by atoms with van der Waals surface area (Å²) in [6.45, 7) is 2.18. The van der Waals surface area contributed by atoms with Crippen molar-refractivity contribution in [3.8, 4) is 0 Å². The van der Waals surface area contributed by atoms with Crippen LogP contribution < -0.4 is 0 Å². The molecule has 0 bridgehead atoms. The SMILES string of the molecule is CCCCCP(O)N(C)C. The summed E-state index contributed by atoms with van der Waals surface area (Å²) in [4.78, 5) is 9.34. The molecule has 0 radical (unpaired) electrons. The van der Waals surface area contributed by atoms with Crippen molar-refractivity contribution in [1.29, 1.82) is 0 Å². The van der Waals surface area contributed by atoms with Crippen molar-refractivity contribution >= 4 is 8.30 Å². The van der Waals surface area contributed by atoms with Gasteiger partial charge in [-0.15, -0.1) is 0 Å². The molecule has 0 saturated heterocycles. The quantitative estimate of drug-likeness (QED) is 0.495. The van der Waals surface area contributed by atoms with Crippen LogP contribution in [0.25, 0.3) is 0 Å². The normalized spacial score (nSPS) is 14.1. The molecule has 0 aromatic carbocycles. The topological polar surface area (TPSA) is 23.5 Å². The summed E-state index contributed by atoms with van der Waals surface area (Å²) in [5.74, 6) is 0. The smallest absolute Gasteiger partial charge is 0.1000 e. The van der Waals surface area contributed by atoms with Gasteiger partial charge in [-0.25, -0.2) is 0 Å². The first kappa shape index (κ1) is 10.3. The van der Waals surface area contributed by atoms with Crippen molar-refractivity contribution in [3.63, 3.8) is 0 Å². The zero-order valence-electron chi connectivity index (χ0n) is 7.17. The Morgan fingerprint density at radius 2 is 1.90 bits per heavy atom. The van der Waals surface area contributed by atoms with E-state index in [0.29, 0.717) is 0 Å². The van der Waals surface area contributed by atoms with Crippen LogP contribution in [0.4, 0.5) is 0 Å². The molecule has 2 nitrogen and oxygen atoms in total. The van der Waals surface area contributed by atoms with E-state index in [-0.39, 0.29) is 0 Å². The fraction of sp³-hybridized carbons (Fsp3) is 1.00. The molecule has 0 saturated carbocycles. The molecule has 0 spiro atoms. The summed E-state index contributed by atoms with van der Waals surface area (Å²) in [6, 6.07) is 0. The highest BCUT2D eigenvalue weighted by molar-refractivity contribution is 7.48. The van der Waals surface area contributed by atoms with Gasteiger partial charge in [-0.1, -0.05) is 19.8 Å². The van der Waals surface area contributed by atoms with Crippen LogP contribution in [-0.4, -0.2) is 29.8 Å². The minimum Gasteiger partial charge on any atom is -0.359 e. The van der Waals surface area contributed by atoms with Gasteiger partial charge in [0.1, 0.15) is 0 Å². The monoisotopic (exact) mass is 163 g/mol. The van der Waals surface area contributed by atoms with Crippen molar-refractivity contribution in [1.82, 2.24) is 4.67 Å². The van der Waals surface area contributed by atoms with Gasteiger partial charge in [-0.05, 0) is 20.5 Å². The molecular weight excluding hydrogens is 145 g/mol. The largest absolute Gasteiger partial charge is 0.359 e. The first-order chi connectivity index (χ1) is 4.68. The molecule has 0 rings (SSSR count). The number of rotatable bonds is 5. The number of nitrogens with zero attached hydrogens (tertiary/aromatic N) is 1. The lowest BCUT2D eigenvalue weighted by molar-refractivity contribution is 0.522. The third-order valence-corrected chi connectivity index (χ3v) is 3.06. The second-order valence-electron chi connectivity index (χ2n) is 2.65. The lowest BCUT2D eigenvalue weighted by atomic mass is 10.3. The van der Waals surface area contributed by atoms with Crippen molar-refractivity contribution in [2.75, 3.05) is 20.3 Å². The molecule has 62 valence electrons. The van der Waals surface area contributed by atoms with Crippen molar-refractivity contribution in [3.05, 3.63) is 0 Å². The first-order valence-corrected chi connectivity index (χ1v) is 5.25. The Balaban J connectivity index is 3.13. The highest BCUT2D eigenvalue weighted by Gasteiger charge is 2.04. The average Bonchev–Trinajstić information content (AvgIpc) is 1.88. The molecule has 0 fully saturated rings. The minimum atomic E-state index is -0.818. The van der Waals surface area contributed by atoms with Gasteiger partial charge < -0.3 is 4.89 Å². The second kappa shape index (κ2) is 6.09. The Morgan fingerprint density at radius 1 is 1.30 bits per heavy atom. The van der Waals surface area contributed by atoms with Crippen LogP contribution in [0.2, 0.25) is 0 Å². The Hall–Kier alpha value is 0.350. The highest BCUT2D eigenvalue weighted by atomic mass is 31.2. The van der Waals surface area contributed by atoms with Crippen LogP contribution in [0.1, 0.15) is 26.2 Å². The predicted octanol–water partition coefficient (Wildman–Crippen LogP) is 2.04. The predicted molar refractivity (Wildman–Crippen MR) is 47.2 cm³/mol. The van der Waals surface area contributed by atoms with Gasteiger partial charge in [0.05, 0.1) is 8.30 Å². The Morgan fingerprint density at radius 3 is 2.30 bits per heavy atom. The standard InChI is InChI=1S/C7H18NOP/c1-4-5-6-7-10(9)8(2)3/h9H,4-7H2,1-3H3. The lowest BCUT2D eigenvalue weighted by Crippen LogP contribution is -2.05. The van der Waals surface area contributed by atoms with Crippen molar-refractivity contribution < 1.29 is 4.89 Å². The fourth-order valence-electron chi connectivity index (χ4n) is 0.703. The minimum absolute atomic E-state index is 0.818. The van der Waals surface area contributed by atoms with Crippen LogP contribution in [-0.2, 0) is 0 Å². The van der Waals surface area contributed by atoms with E-state index in [1.807, 2.05) is 18.8 Å². The van der Waals surface area contributed by atoms with Crippen LogP contribution >= 0.6 is 8.30 Å². The Kier molecular flexibility index (Phi) is 6.30. The molecule has 1 atom stereocenters. The van der Waals surface area contributed by atoms with E-state index in [4.69, 9.17) is 0 Å². The summed E-state index contributed by atoms with van der Waals surface area (Å²) in [5, 5.41) is 0. The van der Waals surface area contributed by atoms with Gasteiger partial charge >= 0.3 is 0 Å². The molecular formula is C7H18NOP. The van der Waals surface area contributed by atoms with Crippen LogP contribution in [0.5, 0.6) is 0 Å². The van der Waals surface area contributed by atoms with E-state index in [1.54, 1.807) is 0 Å². The van der Waals surface area contributed by atoms with Crippen molar-refractivity contribution in [2.45, 2.75) is 26.2 Å². The zero-order chi connectivity index (χ0) is 7.98. The molecule has 0 heterocycles. The van der Waals surface area contributed by atoms with Crippen LogP contribution in [0, 0.1) is 0 Å². The van der Waals surface area contributed by atoms with Gasteiger partial charge in [0.25, 0.3) is 0 Å². The van der Waals surface area contributed by atoms with Crippen LogP contribution in [0.15, 0.2) is 0 Å². The number of hydrogen-bond acceptors (Lipinski definition) is 2. The number of unbranched alkanes of at least 4 members (excludes halogenated alkanes) is 2. The zero-order valence-corrected chi connectivity index (χ0v) is 8.06. The molecule has 0 aliphatic heterocycles. The molecule has 0 aromatic heterocycles. The van der Waals surface area contributed by atoms with Gasteiger partial charge in [0.2, 0.25) is 0 Å². The van der Waals surface area contributed by atoms with E-state index in [0.717, 1.165) is 12.6 Å². The third kappa shape index (κ3) is 5.16. The summed E-state index contributed by atoms with van der Waals surface area (Å²) < 4.78 is 1.91. The molecule has 10 heavy (non-hydrogen) atoms. The number of hydrogen-bond donors (Lipinski definition) is 1. The fourth-order valence-corrected chi connectivity index (χ4v) is 1.61. The Labute approximate surface area is 65.1 Å². The van der Waals surface area contributed by atoms with E-state index >= 15 is 0 Å². The first-order valence-electron chi connectivity index (χ1n) is 3.82.